The van der Waals surface area contributed by atoms with E-state index >= 15 is 0 Å². The fourth-order valence-electron chi connectivity index (χ4n) is 1.87. The third kappa shape index (κ3) is 2.36. The van der Waals surface area contributed by atoms with Crippen LogP contribution in [0.25, 0.3) is 0 Å². The molecule has 18 heavy (non-hydrogen) atoms. The zero-order valence-corrected chi connectivity index (χ0v) is 11.2. The second-order valence-corrected chi connectivity index (χ2v) is 4.21. The van der Waals surface area contributed by atoms with E-state index in [1.807, 2.05) is 40.1 Å². The third-order valence-electron chi connectivity index (χ3n) is 2.81. The van der Waals surface area contributed by atoms with Gasteiger partial charge in [-0.25, -0.2) is 4.68 Å². The lowest BCUT2D eigenvalue weighted by Crippen LogP contribution is -2.07. The summed E-state index contributed by atoms with van der Waals surface area (Å²) >= 11 is 0. The normalized spacial score (nSPS) is 10.7. The molecule has 0 unspecified atom stereocenters. The van der Waals surface area contributed by atoms with Crippen LogP contribution < -0.4 is 10.1 Å². The number of nitrogens with zero attached hydrogens (tertiary/aromatic N) is 3. The van der Waals surface area contributed by atoms with Crippen molar-refractivity contribution in [1.29, 1.82) is 0 Å². The number of nitrogens with one attached hydrogen (secondary N) is 1. The van der Waals surface area contributed by atoms with E-state index in [4.69, 9.17) is 4.74 Å². The SMILES string of the molecule is CNCc1c(C)nn(C)c1Oc1cccnc1C. The van der Waals surface area contributed by atoms with E-state index in [0.717, 1.165) is 35.1 Å². The van der Waals surface area contributed by atoms with Gasteiger partial charge in [-0.3, -0.25) is 4.98 Å². The molecular formula is C13H18N4O. The summed E-state index contributed by atoms with van der Waals surface area (Å²) in [7, 11) is 3.79. The first kappa shape index (κ1) is 12.6. The first-order chi connectivity index (χ1) is 8.63. The molecule has 2 rings (SSSR count). The molecule has 0 atom stereocenters. The Labute approximate surface area is 107 Å². The molecule has 0 saturated heterocycles. The minimum atomic E-state index is 0.730. The highest BCUT2D eigenvalue weighted by Gasteiger charge is 2.15. The van der Waals surface area contributed by atoms with Crippen molar-refractivity contribution in [3.05, 3.63) is 35.3 Å². The van der Waals surface area contributed by atoms with Gasteiger partial charge in [0.05, 0.1) is 17.0 Å². The summed E-state index contributed by atoms with van der Waals surface area (Å²) < 4.78 is 7.70. The van der Waals surface area contributed by atoms with Crippen LogP contribution in [-0.4, -0.2) is 21.8 Å². The Morgan fingerprint density at radius 2 is 2.11 bits per heavy atom. The highest BCUT2D eigenvalue weighted by Crippen LogP contribution is 2.28. The van der Waals surface area contributed by atoms with Crippen molar-refractivity contribution < 1.29 is 4.74 Å². The van der Waals surface area contributed by atoms with Gasteiger partial charge in [0, 0.05) is 19.8 Å². The highest BCUT2D eigenvalue weighted by atomic mass is 16.5. The van der Waals surface area contributed by atoms with Gasteiger partial charge in [-0.2, -0.15) is 5.10 Å². The third-order valence-corrected chi connectivity index (χ3v) is 2.81. The molecule has 0 fully saturated rings. The van der Waals surface area contributed by atoms with Gasteiger partial charge in [-0.05, 0) is 33.0 Å². The summed E-state index contributed by atoms with van der Waals surface area (Å²) in [5, 5.41) is 7.52. The molecule has 0 spiro atoms. The molecule has 5 nitrogen and oxygen atoms in total. The standard InChI is InChI=1S/C13H18N4O/c1-9-11(8-14-3)13(17(4)16-9)18-12-6-5-7-15-10(12)2/h5-7,14H,8H2,1-4H3. The average Bonchev–Trinajstić information content (AvgIpc) is 2.59. The molecule has 2 aromatic rings. The monoisotopic (exact) mass is 246 g/mol. The molecule has 0 radical (unpaired) electrons. The van der Waals surface area contributed by atoms with Gasteiger partial charge in [0.1, 0.15) is 0 Å². The Morgan fingerprint density at radius 1 is 1.33 bits per heavy atom. The van der Waals surface area contributed by atoms with Crippen LogP contribution >= 0.6 is 0 Å². The Hall–Kier alpha value is -1.88. The molecule has 2 heterocycles. The number of hydrogen-bond donors (Lipinski definition) is 1. The topological polar surface area (TPSA) is 52.0 Å². The van der Waals surface area contributed by atoms with Crippen molar-refractivity contribution in [2.75, 3.05) is 7.05 Å². The molecule has 0 aliphatic heterocycles. The zero-order valence-electron chi connectivity index (χ0n) is 11.2. The van der Waals surface area contributed by atoms with E-state index in [9.17, 15) is 0 Å². The van der Waals surface area contributed by atoms with E-state index in [-0.39, 0.29) is 0 Å². The van der Waals surface area contributed by atoms with Crippen molar-refractivity contribution in [3.8, 4) is 11.6 Å². The number of aryl methyl sites for hydroxylation is 3. The van der Waals surface area contributed by atoms with Gasteiger partial charge in [-0.1, -0.05) is 0 Å². The van der Waals surface area contributed by atoms with E-state index in [0.29, 0.717) is 0 Å². The molecule has 2 aromatic heterocycles. The smallest absolute Gasteiger partial charge is 0.222 e. The highest BCUT2D eigenvalue weighted by molar-refractivity contribution is 5.36. The van der Waals surface area contributed by atoms with Crippen LogP contribution in [0.4, 0.5) is 0 Å². The number of ether oxygens (including phenoxy) is 1. The van der Waals surface area contributed by atoms with E-state index < -0.39 is 0 Å². The van der Waals surface area contributed by atoms with Crippen molar-refractivity contribution >= 4 is 0 Å². The van der Waals surface area contributed by atoms with Crippen molar-refractivity contribution in [3.63, 3.8) is 0 Å². The summed E-state index contributed by atoms with van der Waals surface area (Å²) in [5.41, 5.74) is 2.92. The molecule has 96 valence electrons. The zero-order chi connectivity index (χ0) is 13.1. The molecule has 0 aromatic carbocycles. The van der Waals surface area contributed by atoms with Crippen molar-refractivity contribution in [1.82, 2.24) is 20.1 Å². The summed E-state index contributed by atoms with van der Waals surface area (Å²) in [4.78, 5) is 4.22. The fourth-order valence-corrected chi connectivity index (χ4v) is 1.87. The van der Waals surface area contributed by atoms with Gasteiger partial charge in [0.2, 0.25) is 5.88 Å². The lowest BCUT2D eigenvalue weighted by Gasteiger charge is -2.10. The van der Waals surface area contributed by atoms with E-state index in [1.165, 1.54) is 0 Å². The number of pyridine rings is 1. The van der Waals surface area contributed by atoms with Crippen LogP contribution in [0.5, 0.6) is 11.6 Å². The lowest BCUT2D eigenvalue weighted by atomic mass is 10.2. The number of aromatic nitrogens is 3. The van der Waals surface area contributed by atoms with Gasteiger partial charge >= 0.3 is 0 Å². The maximum atomic E-state index is 5.94. The molecule has 0 bridgehead atoms. The van der Waals surface area contributed by atoms with Gasteiger partial charge in [-0.15, -0.1) is 0 Å². The predicted octanol–water partition coefficient (Wildman–Crippen LogP) is 1.94. The van der Waals surface area contributed by atoms with Gasteiger partial charge in [0.25, 0.3) is 0 Å². The van der Waals surface area contributed by atoms with E-state index in [1.54, 1.807) is 10.9 Å². The first-order valence-corrected chi connectivity index (χ1v) is 5.90. The summed E-state index contributed by atoms with van der Waals surface area (Å²) in [6.07, 6.45) is 1.76. The Balaban J connectivity index is 2.37. The summed E-state index contributed by atoms with van der Waals surface area (Å²) in [6, 6.07) is 3.77. The van der Waals surface area contributed by atoms with Crippen LogP contribution in [0, 0.1) is 13.8 Å². The Morgan fingerprint density at radius 3 is 2.78 bits per heavy atom. The number of rotatable bonds is 4. The molecule has 0 aliphatic rings. The lowest BCUT2D eigenvalue weighted by molar-refractivity contribution is 0.420. The second-order valence-electron chi connectivity index (χ2n) is 4.21. The maximum Gasteiger partial charge on any atom is 0.222 e. The maximum absolute atomic E-state index is 5.94. The minimum absolute atomic E-state index is 0.730. The predicted molar refractivity (Wildman–Crippen MR) is 69.8 cm³/mol. The summed E-state index contributed by atoms with van der Waals surface area (Å²) in [5.74, 6) is 1.52. The molecular weight excluding hydrogens is 228 g/mol. The van der Waals surface area contributed by atoms with E-state index in [2.05, 4.69) is 15.4 Å². The van der Waals surface area contributed by atoms with Crippen LogP contribution in [0.3, 0.4) is 0 Å². The van der Waals surface area contributed by atoms with Crippen LogP contribution in [-0.2, 0) is 13.6 Å². The fraction of sp³-hybridized carbons (Fsp3) is 0.385. The van der Waals surface area contributed by atoms with Gasteiger partial charge < -0.3 is 10.1 Å². The van der Waals surface area contributed by atoms with Crippen LogP contribution in [0.15, 0.2) is 18.3 Å². The molecule has 0 amide bonds. The quantitative estimate of drug-likeness (QED) is 0.895. The largest absolute Gasteiger partial charge is 0.437 e. The molecule has 1 N–H and O–H groups in total. The van der Waals surface area contributed by atoms with Crippen LogP contribution in [0.1, 0.15) is 17.0 Å². The van der Waals surface area contributed by atoms with Crippen molar-refractivity contribution in [2.24, 2.45) is 7.05 Å². The second kappa shape index (κ2) is 5.18. The number of hydrogen-bond acceptors (Lipinski definition) is 4. The van der Waals surface area contributed by atoms with Crippen LogP contribution in [0.2, 0.25) is 0 Å². The Bertz CT molecular complexity index is 548. The van der Waals surface area contributed by atoms with Crippen molar-refractivity contribution in [2.45, 2.75) is 20.4 Å². The summed E-state index contributed by atoms with van der Waals surface area (Å²) in [6.45, 7) is 4.64. The van der Waals surface area contributed by atoms with Gasteiger partial charge in [0.15, 0.2) is 5.75 Å². The molecule has 0 aliphatic carbocycles. The molecule has 0 saturated carbocycles. The first-order valence-electron chi connectivity index (χ1n) is 5.90. The molecule has 5 heteroatoms. The Kier molecular flexibility index (Phi) is 3.62. The minimum Gasteiger partial charge on any atom is -0.437 e. The average molecular weight is 246 g/mol.